The molecule has 1 unspecified atom stereocenters. The lowest BCUT2D eigenvalue weighted by Crippen LogP contribution is -2.55. The maximum Gasteiger partial charge on any atom is 0.319 e. The number of hydrogen-bond donors (Lipinski definition) is 4. The van der Waals surface area contributed by atoms with Gasteiger partial charge in [0, 0.05) is 31.7 Å². The molecular weight excluding hydrogens is 326 g/mol. The van der Waals surface area contributed by atoms with Crippen molar-refractivity contribution in [3.8, 4) is 5.75 Å². The minimum Gasteiger partial charge on any atom is -0.479 e. The molecule has 0 spiro atoms. The highest BCUT2D eigenvalue weighted by atomic mass is 16.5. The standard InChI is InChI=1S/C17H23N3O5/c1-3-24-12-7-17(23,8-12)9-18-16(22)19-11-4-5-14-13(6-11)20-15(21)10(2)25-14/h4-6,10,12,23H,3,7-9H2,1-2H3,(H,20,21)(H2,18,19,22). The lowest BCUT2D eigenvalue weighted by molar-refractivity contribution is -0.133. The first-order valence-corrected chi connectivity index (χ1v) is 8.39. The van der Waals surface area contributed by atoms with Crippen molar-refractivity contribution in [2.75, 3.05) is 23.8 Å². The molecule has 25 heavy (non-hydrogen) atoms. The van der Waals surface area contributed by atoms with Gasteiger partial charge < -0.3 is 30.5 Å². The molecule has 2 aliphatic rings. The summed E-state index contributed by atoms with van der Waals surface area (Å²) in [6.45, 7) is 4.35. The summed E-state index contributed by atoms with van der Waals surface area (Å²) in [7, 11) is 0. The van der Waals surface area contributed by atoms with Gasteiger partial charge in [-0.2, -0.15) is 0 Å². The molecule has 1 aromatic carbocycles. The first-order valence-electron chi connectivity index (χ1n) is 8.39. The van der Waals surface area contributed by atoms with Crippen molar-refractivity contribution >= 4 is 23.3 Å². The lowest BCUT2D eigenvalue weighted by atomic mass is 9.77. The maximum atomic E-state index is 12.0. The molecule has 1 heterocycles. The number of nitrogens with one attached hydrogen (secondary N) is 3. The van der Waals surface area contributed by atoms with Crippen LogP contribution in [0.1, 0.15) is 26.7 Å². The van der Waals surface area contributed by atoms with E-state index in [2.05, 4.69) is 16.0 Å². The van der Waals surface area contributed by atoms with Crippen LogP contribution in [-0.4, -0.2) is 48.0 Å². The van der Waals surface area contributed by atoms with E-state index in [9.17, 15) is 14.7 Å². The zero-order chi connectivity index (χ0) is 18.0. The van der Waals surface area contributed by atoms with E-state index in [1.807, 2.05) is 6.92 Å². The number of rotatable bonds is 5. The molecule has 1 atom stereocenters. The van der Waals surface area contributed by atoms with Crippen LogP contribution < -0.4 is 20.7 Å². The first-order chi connectivity index (χ1) is 11.9. The van der Waals surface area contributed by atoms with Crippen LogP contribution in [0.15, 0.2) is 18.2 Å². The molecule has 1 aliphatic heterocycles. The molecule has 4 N–H and O–H groups in total. The summed E-state index contributed by atoms with van der Waals surface area (Å²) in [5, 5.41) is 18.3. The monoisotopic (exact) mass is 349 g/mol. The Morgan fingerprint density at radius 3 is 2.96 bits per heavy atom. The summed E-state index contributed by atoms with van der Waals surface area (Å²) >= 11 is 0. The molecule has 136 valence electrons. The molecule has 1 saturated carbocycles. The van der Waals surface area contributed by atoms with Gasteiger partial charge in [0.15, 0.2) is 6.10 Å². The van der Waals surface area contributed by atoms with Gasteiger partial charge in [0.25, 0.3) is 5.91 Å². The predicted molar refractivity (Wildman–Crippen MR) is 91.8 cm³/mol. The fourth-order valence-electron chi connectivity index (χ4n) is 2.99. The molecule has 3 amide bonds. The number of carbonyl (C=O) groups excluding carboxylic acids is 2. The van der Waals surface area contributed by atoms with Gasteiger partial charge in [0.2, 0.25) is 0 Å². The Bertz CT molecular complexity index is 672. The molecule has 1 aliphatic carbocycles. The number of anilines is 2. The van der Waals surface area contributed by atoms with Gasteiger partial charge in [-0.1, -0.05) is 0 Å². The molecule has 1 aromatic rings. The second-order valence-corrected chi connectivity index (χ2v) is 6.48. The third-order valence-corrected chi connectivity index (χ3v) is 4.36. The highest BCUT2D eigenvalue weighted by molar-refractivity contribution is 5.99. The van der Waals surface area contributed by atoms with Gasteiger partial charge in [-0.25, -0.2) is 4.79 Å². The van der Waals surface area contributed by atoms with E-state index in [4.69, 9.17) is 9.47 Å². The van der Waals surface area contributed by atoms with Crippen molar-refractivity contribution in [2.24, 2.45) is 0 Å². The van der Waals surface area contributed by atoms with Crippen LogP contribution in [0.25, 0.3) is 0 Å². The van der Waals surface area contributed by atoms with Crippen molar-refractivity contribution < 1.29 is 24.2 Å². The van der Waals surface area contributed by atoms with Crippen molar-refractivity contribution in [2.45, 2.75) is 44.5 Å². The summed E-state index contributed by atoms with van der Waals surface area (Å²) in [5.41, 5.74) is 0.117. The van der Waals surface area contributed by atoms with E-state index >= 15 is 0 Å². The van der Waals surface area contributed by atoms with Crippen molar-refractivity contribution in [1.82, 2.24) is 5.32 Å². The Kier molecular flexibility index (Phi) is 4.82. The summed E-state index contributed by atoms with van der Waals surface area (Å²) < 4.78 is 10.9. The third kappa shape index (κ3) is 4.02. The van der Waals surface area contributed by atoms with Gasteiger partial charge in [-0.15, -0.1) is 0 Å². The van der Waals surface area contributed by atoms with Crippen LogP contribution in [0.3, 0.4) is 0 Å². The zero-order valence-electron chi connectivity index (χ0n) is 14.3. The first kappa shape index (κ1) is 17.5. The number of ether oxygens (including phenoxy) is 2. The van der Waals surface area contributed by atoms with Crippen LogP contribution in [0.4, 0.5) is 16.2 Å². The number of hydrogen-bond acceptors (Lipinski definition) is 5. The van der Waals surface area contributed by atoms with Crippen molar-refractivity contribution in [1.29, 1.82) is 0 Å². The van der Waals surface area contributed by atoms with Gasteiger partial charge in [-0.05, 0) is 32.0 Å². The number of amides is 3. The number of benzene rings is 1. The van der Waals surface area contributed by atoms with E-state index in [1.165, 1.54) is 0 Å². The minimum atomic E-state index is -0.912. The van der Waals surface area contributed by atoms with Crippen LogP contribution in [0.5, 0.6) is 5.75 Å². The Morgan fingerprint density at radius 1 is 1.48 bits per heavy atom. The van der Waals surface area contributed by atoms with Gasteiger partial charge in [0.05, 0.1) is 17.4 Å². The van der Waals surface area contributed by atoms with Crippen molar-refractivity contribution in [3.63, 3.8) is 0 Å². The molecule has 0 saturated heterocycles. The fourth-order valence-corrected chi connectivity index (χ4v) is 2.99. The molecule has 0 aromatic heterocycles. The van der Waals surface area contributed by atoms with Crippen LogP contribution in [0, 0.1) is 0 Å². The second-order valence-electron chi connectivity index (χ2n) is 6.48. The van der Waals surface area contributed by atoms with Gasteiger partial charge in [0.1, 0.15) is 5.75 Å². The Labute approximate surface area is 145 Å². The van der Waals surface area contributed by atoms with E-state index in [-0.39, 0.29) is 18.6 Å². The molecular formula is C17H23N3O5. The Hall–Kier alpha value is -2.32. The number of carbonyl (C=O) groups is 2. The molecule has 3 rings (SSSR count). The average Bonchev–Trinajstić information content (AvgIpc) is 2.53. The van der Waals surface area contributed by atoms with Crippen molar-refractivity contribution in [3.05, 3.63) is 18.2 Å². The van der Waals surface area contributed by atoms with E-state index in [1.54, 1.807) is 25.1 Å². The minimum absolute atomic E-state index is 0.0616. The zero-order valence-corrected chi connectivity index (χ0v) is 14.3. The molecule has 8 nitrogen and oxygen atoms in total. The number of urea groups is 1. The van der Waals surface area contributed by atoms with Crippen LogP contribution in [-0.2, 0) is 9.53 Å². The van der Waals surface area contributed by atoms with Gasteiger partial charge in [-0.3, -0.25) is 4.79 Å². The lowest BCUT2D eigenvalue weighted by Gasteiger charge is -2.43. The second kappa shape index (κ2) is 6.89. The summed E-state index contributed by atoms with van der Waals surface area (Å²) in [4.78, 5) is 23.6. The molecule has 1 fully saturated rings. The van der Waals surface area contributed by atoms with Gasteiger partial charge >= 0.3 is 6.03 Å². The predicted octanol–water partition coefficient (Wildman–Crippen LogP) is 1.46. The quantitative estimate of drug-likeness (QED) is 0.643. The van der Waals surface area contributed by atoms with Crippen LogP contribution >= 0.6 is 0 Å². The fraction of sp³-hybridized carbons (Fsp3) is 0.529. The molecule has 0 bridgehead atoms. The maximum absolute atomic E-state index is 12.0. The largest absolute Gasteiger partial charge is 0.479 e. The SMILES string of the molecule is CCOC1CC(O)(CNC(=O)Nc2ccc3c(c2)NC(=O)C(C)O3)C1. The van der Waals surface area contributed by atoms with E-state index in [0.29, 0.717) is 36.6 Å². The highest BCUT2D eigenvalue weighted by Gasteiger charge is 2.43. The third-order valence-electron chi connectivity index (χ3n) is 4.36. The van der Waals surface area contributed by atoms with Crippen LogP contribution in [0.2, 0.25) is 0 Å². The average molecular weight is 349 g/mol. The summed E-state index contributed by atoms with van der Waals surface area (Å²) in [6, 6.07) is 4.57. The molecule has 8 heteroatoms. The number of aliphatic hydroxyl groups is 1. The number of fused-ring (bicyclic) bond motifs is 1. The summed E-state index contributed by atoms with van der Waals surface area (Å²) in [6.07, 6.45) is 0.549. The summed E-state index contributed by atoms with van der Waals surface area (Å²) in [5.74, 6) is 0.328. The molecule has 0 radical (unpaired) electrons. The Balaban J connectivity index is 1.50. The van der Waals surface area contributed by atoms with E-state index in [0.717, 1.165) is 0 Å². The smallest absolute Gasteiger partial charge is 0.319 e. The highest BCUT2D eigenvalue weighted by Crippen LogP contribution is 2.34. The normalized spacial score (nSPS) is 27.4. The Morgan fingerprint density at radius 2 is 2.24 bits per heavy atom. The van der Waals surface area contributed by atoms with E-state index < -0.39 is 17.7 Å². The topological polar surface area (TPSA) is 109 Å².